The van der Waals surface area contributed by atoms with Gasteiger partial charge in [-0.1, -0.05) is 11.6 Å². The molecule has 0 fully saturated rings. The molecule has 0 aromatic carbocycles. The van der Waals surface area contributed by atoms with Crippen LogP contribution < -0.4 is 0 Å². The first kappa shape index (κ1) is 7.21. The van der Waals surface area contributed by atoms with Gasteiger partial charge in [-0.3, -0.25) is 0 Å². The summed E-state index contributed by atoms with van der Waals surface area (Å²) in [6, 6.07) is 0. The summed E-state index contributed by atoms with van der Waals surface area (Å²) in [6.07, 6.45) is 1.60. The summed E-state index contributed by atoms with van der Waals surface area (Å²) in [4.78, 5) is 7.90. The number of aromatic nitrogens is 2. The zero-order valence-electron chi connectivity index (χ0n) is 4.73. The molecule has 1 rings (SSSR count). The van der Waals surface area contributed by atoms with Crippen molar-refractivity contribution in [1.29, 1.82) is 0 Å². The fraction of sp³-hybridized carbons (Fsp3) is 0.200. The van der Waals surface area contributed by atoms with Crippen molar-refractivity contribution in [3.05, 3.63) is 20.7 Å². The maximum absolute atomic E-state index is 5.65. The van der Waals surface area contributed by atoms with Gasteiger partial charge in [0.05, 0.1) is 16.9 Å². The maximum atomic E-state index is 5.65. The molecule has 0 atom stereocenters. The van der Waals surface area contributed by atoms with Gasteiger partial charge in [-0.2, -0.15) is 0 Å². The number of rotatable bonds is 0. The fourth-order valence-corrected chi connectivity index (χ4v) is 1.02. The lowest BCUT2D eigenvalue weighted by Gasteiger charge is -1.93. The first-order valence-electron chi connectivity index (χ1n) is 2.35. The van der Waals surface area contributed by atoms with E-state index in [4.69, 9.17) is 11.6 Å². The smallest absolute Gasteiger partial charge is 0.190 e. The number of aryl methyl sites for hydroxylation is 1. The lowest BCUT2D eigenvalue weighted by Crippen LogP contribution is -1.89. The molecule has 0 N–H and O–H groups in total. The van der Waals surface area contributed by atoms with Gasteiger partial charge >= 0.3 is 0 Å². The molecule has 0 aliphatic rings. The second-order valence-electron chi connectivity index (χ2n) is 1.57. The van der Waals surface area contributed by atoms with E-state index < -0.39 is 0 Å². The molecule has 1 aromatic rings. The van der Waals surface area contributed by atoms with Crippen LogP contribution >= 0.6 is 34.2 Å². The van der Waals surface area contributed by atoms with Crippen LogP contribution in [0.3, 0.4) is 0 Å². The third kappa shape index (κ3) is 1.76. The molecule has 0 saturated heterocycles. The van der Waals surface area contributed by atoms with Crippen molar-refractivity contribution in [2.75, 3.05) is 0 Å². The lowest BCUT2D eigenvalue weighted by molar-refractivity contribution is 1.05. The second kappa shape index (κ2) is 2.79. The number of nitrogens with zero attached hydrogens (tertiary/aromatic N) is 2. The molecule has 1 heterocycles. The van der Waals surface area contributed by atoms with Crippen molar-refractivity contribution < 1.29 is 0 Å². The lowest BCUT2D eigenvalue weighted by atomic mass is 10.5. The standard InChI is InChI=1S/C5H4ClIN2/c1-3-4(6)2-8-5(7)9-3/h2H,1H3. The van der Waals surface area contributed by atoms with Crippen molar-refractivity contribution in [3.8, 4) is 0 Å². The van der Waals surface area contributed by atoms with E-state index in [9.17, 15) is 0 Å². The molecule has 0 bridgehead atoms. The van der Waals surface area contributed by atoms with E-state index in [0.29, 0.717) is 5.02 Å². The highest BCUT2D eigenvalue weighted by molar-refractivity contribution is 14.1. The zero-order chi connectivity index (χ0) is 6.85. The summed E-state index contributed by atoms with van der Waals surface area (Å²) in [7, 11) is 0. The molecule has 0 aliphatic heterocycles. The second-order valence-corrected chi connectivity index (χ2v) is 2.94. The van der Waals surface area contributed by atoms with Crippen LogP contribution in [0, 0.1) is 10.8 Å². The molecular weight excluding hydrogens is 250 g/mol. The minimum atomic E-state index is 0.621. The Bertz CT molecular complexity index is 226. The Kier molecular flexibility index (Phi) is 2.23. The SMILES string of the molecule is Cc1nc(I)ncc1Cl. The Hall–Kier alpha value is 0.1000. The number of hydrogen-bond donors (Lipinski definition) is 0. The number of hydrogen-bond acceptors (Lipinski definition) is 2. The number of halogens is 2. The van der Waals surface area contributed by atoms with Gasteiger partial charge in [-0.05, 0) is 6.92 Å². The molecule has 0 radical (unpaired) electrons. The summed E-state index contributed by atoms with van der Waals surface area (Å²) < 4.78 is 0.731. The highest BCUT2D eigenvalue weighted by Gasteiger charge is 1.95. The van der Waals surface area contributed by atoms with Gasteiger partial charge in [0, 0.05) is 22.6 Å². The topological polar surface area (TPSA) is 25.8 Å². The average molecular weight is 254 g/mol. The van der Waals surface area contributed by atoms with Gasteiger partial charge in [0.15, 0.2) is 3.83 Å². The van der Waals surface area contributed by atoms with E-state index in [-0.39, 0.29) is 0 Å². The Labute approximate surface area is 71.8 Å². The molecule has 0 spiro atoms. The van der Waals surface area contributed by atoms with Gasteiger partial charge in [0.2, 0.25) is 0 Å². The van der Waals surface area contributed by atoms with Crippen molar-refractivity contribution in [2.45, 2.75) is 6.92 Å². The Balaban J connectivity index is 3.17. The minimum absolute atomic E-state index is 0.621. The van der Waals surface area contributed by atoms with E-state index in [0.717, 1.165) is 9.53 Å². The quantitative estimate of drug-likeness (QED) is 0.523. The zero-order valence-corrected chi connectivity index (χ0v) is 7.64. The fourth-order valence-electron chi connectivity index (χ4n) is 0.424. The van der Waals surface area contributed by atoms with E-state index in [1.165, 1.54) is 0 Å². The summed E-state index contributed by atoms with van der Waals surface area (Å²) in [5.41, 5.74) is 0.830. The third-order valence-corrected chi connectivity index (χ3v) is 1.78. The van der Waals surface area contributed by atoms with Gasteiger partial charge in [-0.15, -0.1) is 0 Å². The van der Waals surface area contributed by atoms with Crippen molar-refractivity contribution in [2.24, 2.45) is 0 Å². The van der Waals surface area contributed by atoms with Crippen LogP contribution in [0.2, 0.25) is 5.02 Å². The van der Waals surface area contributed by atoms with Gasteiger partial charge in [0.25, 0.3) is 0 Å². The predicted octanol–water partition coefficient (Wildman–Crippen LogP) is 2.04. The largest absolute Gasteiger partial charge is 0.230 e. The van der Waals surface area contributed by atoms with Crippen LogP contribution in [0.1, 0.15) is 5.69 Å². The Morgan fingerprint density at radius 3 is 2.78 bits per heavy atom. The molecule has 1 aromatic heterocycles. The minimum Gasteiger partial charge on any atom is -0.230 e. The molecule has 0 aliphatic carbocycles. The normalized spacial score (nSPS) is 9.67. The molecular formula is C5H4ClIN2. The molecule has 48 valence electrons. The van der Waals surface area contributed by atoms with E-state index in [2.05, 4.69) is 9.97 Å². The van der Waals surface area contributed by atoms with E-state index in [1.54, 1.807) is 6.20 Å². The molecule has 2 nitrogen and oxygen atoms in total. The first-order chi connectivity index (χ1) is 4.20. The van der Waals surface area contributed by atoms with Gasteiger partial charge in [0.1, 0.15) is 0 Å². The molecule has 0 amide bonds. The summed E-state index contributed by atoms with van der Waals surface area (Å²) in [5.74, 6) is 0. The summed E-state index contributed by atoms with van der Waals surface area (Å²) in [5, 5.41) is 0.621. The van der Waals surface area contributed by atoms with Crippen LogP contribution in [-0.2, 0) is 0 Å². The monoisotopic (exact) mass is 254 g/mol. The Morgan fingerprint density at radius 2 is 2.33 bits per heavy atom. The highest BCUT2D eigenvalue weighted by Crippen LogP contribution is 2.10. The highest BCUT2D eigenvalue weighted by atomic mass is 127. The summed E-state index contributed by atoms with van der Waals surface area (Å²) >= 11 is 7.69. The molecule has 4 heteroatoms. The van der Waals surface area contributed by atoms with Crippen molar-refractivity contribution in [3.63, 3.8) is 0 Å². The molecule has 9 heavy (non-hydrogen) atoms. The van der Waals surface area contributed by atoms with Gasteiger partial charge in [-0.25, -0.2) is 9.97 Å². The van der Waals surface area contributed by atoms with Crippen LogP contribution in [0.25, 0.3) is 0 Å². The van der Waals surface area contributed by atoms with Crippen LogP contribution in [0.4, 0.5) is 0 Å². The van der Waals surface area contributed by atoms with Crippen LogP contribution in [0.15, 0.2) is 6.20 Å². The van der Waals surface area contributed by atoms with E-state index in [1.807, 2.05) is 29.5 Å². The van der Waals surface area contributed by atoms with Gasteiger partial charge < -0.3 is 0 Å². The average Bonchev–Trinajstić information content (AvgIpc) is 1.80. The third-order valence-electron chi connectivity index (χ3n) is 0.890. The maximum Gasteiger partial charge on any atom is 0.190 e. The van der Waals surface area contributed by atoms with Crippen molar-refractivity contribution in [1.82, 2.24) is 9.97 Å². The Morgan fingerprint density at radius 1 is 1.67 bits per heavy atom. The van der Waals surface area contributed by atoms with E-state index >= 15 is 0 Å². The predicted molar refractivity (Wildman–Crippen MR) is 44.5 cm³/mol. The summed E-state index contributed by atoms with van der Waals surface area (Å²) in [6.45, 7) is 1.85. The van der Waals surface area contributed by atoms with Crippen molar-refractivity contribution >= 4 is 34.2 Å². The van der Waals surface area contributed by atoms with Crippen LogP contribution in [0.5, 0.6) is 0 Å². The first-order valence-corrected chi connectivity index (χ1v) is 3.80. The van der Waals surface area contributed by atoms with Crippen LogP contribution in [-0.4, -0.2) is 9.97 Å². The molecule has 0 unspecified atom stereocenters. The molecule has 0 saturated carbocycles.